The second-order valence-electron chi connectivity index (χ2n) is 8.27. The van der Waals surface area contributed by atoms with Gasteiger partial charge in [0, 0.05) is 13.0 Å². The van der Waals surface area contributed by atoms with Gasteiger partial charge in [-0.15, -0.1) is 6.42 Å². The molecule has 28 heavy (non-hydrogen) atoms. The number of likely N-dealkylation sites (tertiary alicyclic amines) is 1. The Hall–Kier alpha value is -2.52. The number of carbonyl (C=O) groups excluding carboxylic acids is 2. The Balaban J connectivity index is 1.73. The number of rotatable bonds is 4. The van der Waals surface area contributed by atoms with Crippen LogP contribution in [0.5, 0.6) is 0 Å². The fourth-order valence-corrected chi connectivity index (χ4v) is 3.87. The number of hydrogen-bond donors (Lipinski definition) is 1. The van der Waals surface area contributed by atoms with Crippen LogP contribution in [-0.2, 0) is 20.7 Å². The molecule has 1 N–H and O–H groups in total. The van der Waals surface area contributed by atoms with Gasteiger partial charge in [-0.1, -0.05) is 30.2 Å². The van der Waals surface area contributed by atoms with E-state index in [0.29, 0.717) is 19.4 Å². The van der Waals surface area contributed by atoms with Crippen molar-refractivity contribution in [3.8, 4) is 12.3 Å². The highest BCUT2D eigenvalue weighted by Gasteiger charge is 2.40. The molecule has 1 saturated heterocycles. The van der Waals surface area contributed by atoms with Gasteiger partial charge >= 0.3 is 6.09 Å². The van der Waals surface area contributed by atoms with Gasteiger partial charge in [0.15, 0.2) is 0 Å². The second kappa shape index (κ2) is 8.24. The maximum Gasteiger partial charge on any atom is 0.410 e. The zero-order valence-corrected chi connectivity index (χ0v) is 16.7. The summed E-state index contributed by atoms with van der Waals surface area (Å²) in [6.07, 6.45) is 6.77. The Morgan fingerprint density at radius 3 is 2.79 bits per heavy atom. The molecule has 0 radical (unpaired) electrons. The molecule has 150 valence electrons. The van der Waals surface area contributed by atoms with E-state index in [9.17, 15) is 9.59 Å². The van der Waals surface area contributed by atoms with Crippen molar-refractivity contribution in [2.45, 2.75) is 63.8 Å². The molecule has 3 rings (SSSR count). The van der Waals surface area contributed by atoms with E-state index in [2.05, 4.69) is 11.2 Å². The van der Waals surface area contributed by atoms with Gasteiger partial charge in [0.1, 0.15) is 18.2 Å². The molecule has 0 spiro atoms. The maximum atomic E-state index is 13.1. The van der Waals surface area contributed by atoms with E-state index in [1.165, 1.54) is 4.90 Å². The molecule has 6 heteroatoms. The highest BCUT2D eigenvalue weighted by Crippen LogP contribution is 2.34. The Morgan fingerprint density at radius 1 is 1.32 bits per heavy atom. The lowest BCUT2D eigenvalue weighted by Gasteiger charge is -2.29. The van der Waals surface area contributed by atoms with Crippen molar-refractivity contribution in [1.29, 1.82) is 0 Å². The Bertz CT molecular complexity index is 777. The average molecular weight is 384 g/mol. The van der Waals surface area contributed by atoms with Crippen molar-refractivity contribution >= 4 is 12.0 Å². The third-order valence-electron chi connectivity index (χ3n) is 5.04. The molecule has 6 nitrogen and oxygen atoms in total. The van der Waals surface area contributed by atoms with Crippen LogP contribution in [0.3, 0.4) is 0 Å². The zero-order valence-electron chi connectivity index (χ0n) is 16.7. The second-order valence-corrected chi connectivity index (χ2v) is 8.27. The highest BCUT2D eigenvalue weighted by molar-refractivity contribution is 5.86. The number of carbonyl (C=O) groups is 2. The minimum absolute atomic E-state index is 0.181. The third kappa shape index (κ3) is 4.48. The number of terminal acetylenes is 1. The molecule has 3 atom stereocenters. The third-order valence-corrected chi connectivity index (χ3v) is 5.04. The minimum Gasteiger partial charge on any atom is -0.444 e. The van der Waals surface area contributed by atoms with Crippen LogP contribution in [0, 0.1) is 12.3 Å². The molecule has 0 unspecified atom stereocenters. The van der Waals surface area contributed by atoms with E-state index in [1.807, 2.05) is 45.0 Å². The van der Waals surface area contributed by atoms with Crippen LogP contribution in [0.4, 0.5) is 4.79 Å². The van der Waals surface area contributed by atoms with Gasteiger partial charge in [0.2, 0.25) is 5.91 Å². The van der Waals surface area contributed by atoms with Crippen LogP contribution in [0.15, 0.2) is 24.3 Å². The lowest BCUT2D eigenvalue weighted by atomic mass is 10.1. The number of benzene rings is 1. The van der Waals surface area contributed by atoms with Crippen molar-refractivity contribution in [2.75, 3.05) is 13.2 Å². The smallest absolute Gasteiger partial charge is 0.410 e. The molecule has 1 aromatic carbocycles. The maximum absolute atomic E-state index is 13.1. The molecule has 1 heterocycles. The average Bonchev–Trinajstić information content (AvgIpc) is 3.24. The Labute approximate surface area is 166 Å². The van der Waals surface area contributed by atoms with E-state index in [0.717, 1.165) is 17.5 Å². The predicted octanol–water partition coefficient (Wildman–Crippen LogP) is 2.82. The summed E-state index contributed by atoms with van der Waals surface area (Å²) in [7, 11) is 0. The topological polar surface area (TPSA) is 67.9 Å². The van der Waals surface area contributed by atoms with Crippen molar-refractivity contribution < 1.29 is 19.1 Å². The Kier molecular flexibility index (Phi) is 5.95. The largest absolute Gasteiger partial charge is 0.444 e. The fraction of sp³-hybridized carbons (Fsp3) is 0.545. The van der Waals surface area contributed by atoms with Crippen LogP contribution >= 0.6 is 0 Å². The molecular weight excluding hydrogens is 356 g/mol. The highest BCUT2D eigenvalue weighted by atomic mass is 16.6. The number of ether oxygens (including phenoxy) is 2. The van der Waals surface area contributed by atoms with Gasteiger partial charge < -0.3 is 14.8 Å². The predicted molar refractivity (Wildman–Crippen MR) is 106 cm³/mol. The SMILES string of the molecule is C#CCO[C@H]1Cc2ccccc2[C@@H]1NC(=O)[C@@H]1CCCN1C(=O)OC(C)(C)C. The summed E-state index contributed by atoms with van der Waals surface area (Å²) in [5.41, 5.74) is 1.59. The zero-order chi connectivity index (χ0) is 20.3. The summed E-state index contributed by atoms with van der Waals surface area (Å²) in [4.78, 5) is 27.1. The van der Waals surface area contributed by atoms with Gasteiger partial charge in [0.05, 0.1) is 12.1 Å². The summed E-state index contributed by atoms with van der Waals surface area (Å²) < 4.78 is 11.3. The summed E-state index contributed by atoms with van der Waals surface area (Å²) in [6, 6.07) is 7.15. The number of fused-ring (bicyclic) bond motifs is 1. The first-order valence-corrected chi connectivity index (χ1v) is 9.73. The Morgan fingerprint density at radius 2 is 2.07 bits per heavy atom. The normalized spacial score (nSPS) is 23.8. The van der Waals surface area contributed by atoms with E-state index >= 15 is 0 Å². The van der Waals surface area contributed by atoms with Crippen LogP contribution in [-0.4, -0.2) is 47.8 Å². The van der Waals surface area contributed by atoms with Crippen molar-refractivity contribution in [3.05, 3.63) is 35.4 Å². The molecule has 0 saturated carbocycles. The van der Waals surface area contributed by atoms with Crippen molar-refractivity contribution in [2.24, 2.45) is 0 Å². The first kappa shape index (κ1) is 20.2. The lowest BCUT2D eigenvalue weighted by Crippen LogP contribution is -2.49. The van der Waals surface area contributed by atoms with Crippen LogP contribution < -0.4 is 5.32 Å². The van der Waals surface area contributed by atoms with E-state index in [-0.39, 0.29) is 24.7 Å². The van der Waals surface area contributed by atoms with E-state index < -0.39 is 17.7 Å². The molecule has 0 aromatic heterocycles. The molecule has 1 aromatic rings. The molecule has 0 bridgehead atoms. The number of nitrogens with one attached hydrogen (secondary N) is 1. The van der Waals surface area contributed by atoms with Gasteiger partial charge in [-0.3, -0.25) is 9.69 Å². The summed E-state index contributed by atoms with van der Waals surface area (Å²) in [6.45, 7) is 6.17. The molecule has 1 fully saturated rings. The first-order valence-electron chi connectivity index (χ1n) is 9.73. The number of amides is 2. The molecule has 1 aliphatic heterocycles. The minimum atomic E-state index is -0.598. The summed E-state index contributed by atoms with van der Waals surface area (Å²) >= 11 is 0. The molecular formula is C22H28N2O4. The van der Waals surface area contributed by atoms with Crippen LogP contribution in [0.1, 0.15) is 50.8 Å². The summed E-state index contributed by atoms with van der Waals surface area (Å²) in [5, 5.41) is 3.10. The van der Waals surface area contributed by atoms with Gasteiger partial charge in [-0.2, -0.15) is 0 Å². The molecule has 2 amide bonds. The molecule has 1 aliphatic carbocycles. The van der Waals surface area contributed by atoms with E-state index in [1.54, 1.807) is 0 Å². The van der Waals surface area contributed by atoms with Crippen molar-refractivity contribution in [3.63, 3.8) is 0 Å². The van der Waals surface area contributed by atoms with Gasteiger partial charge in [0.25, 0.3) is 0 Å². The first-order chi connectivity index (χ1) is 13.3. The van der Waals surface area contributed by atoms with Gasteiger partial charge in [-0.25, -0.2) is 4.79 Å². The summed E-state index contributed by atoms with van der Waals surface area (Å²) in [5.74, 6) is 2.31. The van der Waals surface area contributed by atoms with Crippen LogP contribution in [0.2, 0.25) is 0 Å². The standard InChI is InChI=1S/C22H28N2O4/c1-5-13-27-18-14-15-9-6-7-10-16(15)19(18)23-20(25)17-11-8-12-24(17)21(26)28-22(2,3)4/h1,6-7,9-10,17-19H,8,11-14H2,2-4H3,(H,23,25)/t17-,18-,19-/m0/s1. The quantitative estimate of drug-likeness (QED) is 0.811. The van der Waals surface area contributed by atoms with Crippen molar-refractivity contribution in [1.82, 2.24) is 10.2 Å². The van der Waals surface area contributed by atoms with E-state index in [4.69, 9.17) is 15.9 Å². The van der Waals surface area contributed by atoms with Crippen LogP contribution in [0.25, 0.3) is 0 Å². The fourth-order valence-electron chi connectivity index (χ4n) is 3.87. The monoisotopic (exact) mass is 384 g/mol. The number of nitrogens with zero attached hydrogens (tertiary/aromatic N) is 1. The van der Waals surface area contributed by atoms with Gasteiger partial charge in [-0.05, 0) is 44.7 Å². The number of hydrogen-bond acceptors (Lipinski definition) is 4. The molecule has 2 aliphatic rings. The lowest BCUT2D eigenvalue weighted by molar-refractivity contribution is -0.127.